The third kappa shape index (κ3) is 7.18. The Hall–Kier alpha value is -1.13. The third-order valence-electron chi connectivity index (χ3n) is 2.83. The molecule has 0 saturated carbocycles. The number of ether oxygens (including phenoxy) is 1. The molecule has 1 rings (SSSR count). The van der Waals surface area contributed by atoms with Crippen LogP contribution in [-0.2, 0) is 19.1 Å². The van der Waals surface area contributed by atoms with E-state index in [1.807, 2.05) is 0 Å². The first-order valence-electron chi connectivity index (χ1n) is 7.59. The number of aliphatic hydroxyl groups excluding tert-OH is 1. The average molecular weight is 468 g/mol. The van der Waals surface area contributed by atoms with Gasteiger partial charge in [-0.25, -0.2) is 0 Å². The fourth-order valence-electron chi connectivity index (χ4n) is 1.80. The van der Waals surface area contributed by atoms with Crippen LogP contribution in [0.3, 0.4) is 0 Å². The van der Waals surface area contributed by atoms with Crippen molar-refractivity contribution in [3.8, 4) is 0 Å². The van der Waals surface area contributed by atoms with E-state index < -0.39 is 50.6 Å². The van der Waals surface area contributed by atoms with Crippen molar-refractivity contribution < 1.29 is 45.2 Å². The van der Waals surface area contributed by atoms with Gasteiger partial charge in [0.15, 0.2) is 0 Å². The number of nitrogens with one attached hydrogen (secondary N) is 1. The molecular weight excluding hydrogens is 445 g/mol. The monoisotopic (exact) mass is 468 g/mol. The van der Waals surface area contributed by atoms with Crippen LogP contribution in [0.5, 0.6) is 0 Å². The number of rotatable bonds is 7. The Labute approximate surface area is 157 Å². The van der Waals surface area contributed by atoms with Crippen molar-refractivity contribution in [2.45, 2.75) is 44.9 Å². The van der Waals surface area contributed by atoms with Crippen molar-refractivity contribution in [1.29, 1.82) is 0.594 Å². The molecule has 134 valence electrons. The second-order valence-corrected chi connectivity index (χ2v) is 7.99. The second kappa shape index (κ2) is 9.38. The van der Waals surface area contributed by atoms with Gasteiger partial charge in [-0.15, -0.1) is 0 Å². The molecule has 8 heteroatoms. The summed E-state index contributed by atoms with van der Waals surface area (Å²) >= 11 is -1.08. The zero-order valence-electron chi connectivity index (χ0n) is 14.6. The van der Waals surface area contributed by atoms with Crippen LogP contribution in [0.25, 0.3) is 0 Å². The molecule has 24 heavy (non-hydrogen) atoms. The number of hydrogen-bond acceptors (Lipinski definition) is 6. The molecule has 0 aliphatic heterocycles. The Morgan fingerprint density at radius 3 is 2.50 bits per heavy atom. The van der Waals surface area contributed by atoms with E-state index in [2.05, 4.69) is 5.32 Å². The van der Waals surface area contributed by atoms with Gasteiger partial charge in [-0.2, -0.15) is 0 Å². The van der Waals surface area contributed by atoms with Gasteiger partial charge in [0.05, 0.1) is 0 Å². The second-order valence-electron chi connectivity index (χ2n) is 6.06. The van der Waals surface area contributed by atoms with Crippen LogP contribution in [0.15, 0.2) is 30.3 Å². The summed E-state index contributed by atoms with van der Waals surface area (Å²) in [7, 11) is 0.843. The summed E-state index contributed by atoms with van der Waals surface area (Å²) in [5.41, 5.74) is -0.405. The maximum absolute atomic E-state index is 12.3. The van der Waals surface area contributed by atoms with Gasteiger partial charge in [-0.1, -0.05) is 0 Å². The summed E-state index contributed by atoms with van der Waals surface area (Å²) in [6, 6.07) is 7.05. The molecule has 0 aliphatic carbocycles. The van der Waals surface area contributed by atoms with E-state index in [9.17, 15) is 19.5 Å². The van der Waals surface area contributed by atoms with E-state index in [1.165, 1.54) is 0 Å². The van der Waals surface area contributed by atoms with Gasteiger partial charge in [0.2, 0.25) is 0 Å². The first-order valence-corrected chi connectivity index (χ1v) is 10.6. The first-order chi connectivity index (χ1) is 11.6. The number of aliphatic hydroxyl groups is 1. The van der Waals surface area contributed by atoms with E-state index in [0.717, 1.165) is 8.93 Å². The van der Waals surface area contributed by atoms with Gasteiger partial charge in [-0.05, 0) is 0 Å². The van der Waals surface area contributed by atoms with Crippen molar-refractivity contribution in [1.82, 2.24) is 5.32 Å². The van der Waals surface area contributed by atoms with Gasteiger partial charge in [0, 0.05) is 0 Å². The summed E-state index contributed by atoms with van der Waals surface area (Å²) in [5.74, 6) is -1.54. The van der Waals surface area contributed by atoms with Gasteiger partial charge in [0.1, 0.15) is 0 Å². The van der Waals surface area contributed by atoms with E-state index in [4.69, 9.17) is 5.33 Å². The first kappa shape index (κ1) is 19.2. The standard InChI is InChI=1S/C16H21INO5S/c1-16(2,3)23-15(22)11(9-12(19)24-17)18-14(21)13(20)10-7-5-4-6-8-10/h4-8,11,13,17,20H,9H2,1-3H3,(H,18,21)/q-1/t11-,13-/m0/s1/i17T. The Morgan fingerprint density at radius 1 is 1.33 bits per heavy atom. The zero-order chi connectivity index (χ0) is 19.0. The van der Waals surface area contributed by atoms with Crippen molar-refractivity contribution >= 4 is 25.9 Å². The van der Waals surface area contributed by atoms with Crippen LogP contribution in [-0.4, -0.2) is 34.3 Å². The molecule has 2 N–H and O–H groups in total. The summed E-state index contributed by atoms with van der Waals surface area (Å²) in [5, 5.41) is 12.1. The number of benzene rings is 1. The number of carbonyl (C=O) groups is 3. The minimum atomic E-state index is -1.46. The molecule has 0 aliphatic rings. The predicted octanol–water partition coefficient (Wildman–Crippen LogP) is -1.60. The number of esters is 1. The fourth-order valence-corrected chi connectivity index (χ4v) is 2.57. The van der Waals surface area contributed by atoms with Crippen molar-refractivity contribution in [3.63, 3.8) is 0 Å². The molecule has 0 fully saturated rings. The molecule has 1 amide bonds. The summed E-state index contributed by atoms with van der Waals surface area (Å²) in [6.45, 7) is 5.03. The Bertz CT molecular complexity index is 608. The van der Waals surface area contributed by atoms with Gasteiger partial charge < -0.3 is 0 Å². The Balaban J connectivity index is 2.85. The van der Waals surface area contributed by atoms with E-state index in [0.29, 0.717) is 5.56 Å². The molecule has 6 nitrogen and oxygen atoms in total. The molecule has 0 aromatic heterocycles. The summed E-state index contributed by atoms with van der Waals surface area (Å²) in [6.07, 6.45) is -1.75. The van der Waals surface area contributed by atoms with E-state index in [-0.39, 0.29) is 11.5 Å². The van der Waals surface area contributed by atoms with Crippen molar-refractivity contribution in [3.05, 3.63) is 35.9 Å². The SMILES string of the molecule is [3H][I-]SC(=O)C[C@H](NC(=O)[C@@H](O)c1ccccc1)C(=O)OC(C)(C)C. The molecule has 0 heterocycles. The van der Waals surface area contributed by atoms with Crippen LogP contribution in [0, 0.1) is 0 Å². The average Bonchev–Trinajstić information content (AvgIpc) is 2.52. The summed E-state index contributed by atoms with van der Waals surface area (Å²) < 4.78 is 12.4. The van der Waals surface area contributed by atoms with E-state index >= 15 is 0 Å². The van der Waals surface area contributed by atoms with E-state index in [1.54, 1.807) is 51.1 Å². The molecule has 0 radical (unpaired) electrons. The molecule has 0 saturated heterocycles. The topological polar surface area (TPSA) is 92.7 Å². The Morgan fingerprint density at radius 2 is 1.96 bits per heavy atom. The summed E-state index contributed by atoms with van der Waals surface area (Å²) in [4.78, 5) is 36.3. The molecule has 0 unspecified atom stereocenters. The number of amides is 1. The van der Waals surface area contributed by atoms with Gasteiger partial charge in [-0.3, -0.25) is 0 Å². The number of hydrogen-bond donors (Lipinski definition) is 2. The Kier molecular flexibility index (Phi) is 7.50. The van der Waals surface area contributed by atoms with Crippen LogP contribution < -0.4 is 26.3 Å². The van der Waals surface area contributed by atoms with Crippen molar-refractivity contribution in [2.24, 2.45) is 0 Å². The molecule has 2 atom stereocenters. The van der Waals surface area contributed by atoms with Gasteiger partial charge in [0.25, 0.3) is 0 Å². The quantitative estimate of drug-likeness (QED) is 0.370. The molecular formula is C16H21INO5S-. The van der Waals surface area contributed by atoms with Crippen LogP contribution in [0.4, 0.5) is 0 Å². The number of carbonyl (C=O) groups excluding carboxylic acids is 3. The fraction of sp³-hybridized carbons (Fsp3) is 0.438. The molecule has 0 bridgehead atoms. The van der Waals surface area contributed by atoms with Crippen LogP contribution in [0.1, 0.15) is 38.9 Å². The van der Waals surface area contributed by atoms with Crippen LogP contribution in [0.2, 0.25) is 0 Å². The molecule has 0 spiro atoms. The normalized spacial score (nSPS) is 14.4. The van der Waals surface area contributed by atoms with Crippen LogP contribution >= 0.6 is 8.93 Å². The third-order valence-corrected chi connectivity index (χ3v) is 4.64. The predicted molar refractivity (Wildman–Crippen MR) is 87.8 cm³/mol. The van der Waals surface area contributed by atoms with Crippen molar-refractivity contribution in [2.75, 3.05) is 0 Å². The number of halogens is 1. The maximum atomic E-state index is 12.3. The molecule has 1 aromatic carbocycles. The molecule has 1 aromatic rings. The minimum absolute atomic E-state index is 0.286. The van der Waals surface area contributed by atoms with Gasteiger partial charge >= 0.3 is 158 Å². The zero-order valence-corrected chi connectivity index (χ0v) is 16.6.